The predicted octanol–water partition coefficient (Wildman–Crippen LogP) is 0.574. The van der Waals surface area contributed by atoms with E-state index in [0.29, 0.717) is 26.0 Å². The van der Waals surface area contributed by atoms with E-state index in [-0.39, 0.29) is 17.9 Å². The van der Waals surface area contributed by atoms with Crippen LogP contribution in [0.5, 0.6) is 5.75 Å². The summed E-state index contributed by atoms with van der Waals surface area (Å²) in [6, 6.07) is 5.38. The van der Waals surface area contributed by atoms with Crippen molar-refractivity contribution in [3.8, 4) is 5.75 Å². The van der Waals surface area contributed by atoms with Crippen LogP contribution < -0.4 is 20.7 Å². The highest BCUT2D eigenvalue weighted by Gasteiger charge is 2.30. The number of likely N-dealkylation sites (N-methyl/N-ethyl adjacent to an activating group) is 1. The van der Waals surface area contributed by atoms with Crippen LogP contribution in [0.3, 0.4) is 0 Å². The summed E-state index contributed by atoms with van der Waals surface area (Å²) in [5.41, 5.74) is 7.37. The predicted molar refractivity (Wildman–Crippen MR) is 80.3 cm³/mol. The summed E-state index contributed by atoms with van der Waals surface area (Å²) in [6.07, 6.45) is 0.906. The SMILES string of the molecule is Cc1cc(OCCN)ccc1N(C)C1CCC(=O)NC1=O. The Kier molecular flexibility index (Phi) is 4.80. The van der Waals surface area contributed by atoms with Gasteiger partial charge in [0.2, 0.25) is 11.8 Å². The van der Waals surface area contributed by atoms with Crippen molar-refractivity contribution in [1.29, 1.82) is 0 Å². The molecule has 6 heteroatoms. The lowest BCUT2D eigenvalue weighted by Gasteiger charge is -2.32. The first-order valence-corrected chi connectivity index (χ1v) is 7.03. The van der Waals surface area contributed by atoms with Crippen LogP contribution in [0.15, 0.2) is 18.2 Å². The molecule has 1 saturated heterocycles. The molecule has 0 aromatic heterocycles. The van der Waals surface area contributed by atoms with E-state index in [4.69, 9.17) is 10.5 Å². The van der Waals surface area contributed by atoms with E-state index in [9.17, 15) is 9.59 Å². The van der Waals surface area contributed by atoms with Gasteiger partial charge in [-0.25, -0.2) is 0 Å². The van der Waals surface area contributed by atoms with E-state index in [1.165, 1.54) is 0 Å². The Morgan fingerprint density at radius 3 is 2.81 bits per heavy atom. The van der Waals surface area contributed by atoms with Crippen LogP contribution in [0.2, 0.25) is 0 Å². The minimum Gasteiger partial charge on any atom is -0.492 e. The molecule has 0 radical (unpaired) electrons. The monoisotopic (exact) mass is 291 g/mol. The molecule has 21 heavy (non-hydrogen) atoms. The van der Waals surface area contributed by atoms with Crippen LogP contribution in [0.1, 0.15) is 18.4 Å². The lowest BCUT2D eigenvalue weighted by Crippen LogP contribution is -2.51. The molecule has 1 unspecified atom stereocenters. The van der Waals surface area contributed by atoms with Crippen molar-refractivity contribution in [3.05, 3.63) is 23.8 Å². The second-order valence-corrected chi connectivity index (χ2v) is 5.16. The third-order valence-corrected chi connectivity index (χ3v) is 3.61. The van der Waals surface area contributed by atoms with Gasteiger partial charge < -0.3 is 15.4 Å². The number of nitrogens with two attached hydrogens (primary N) is 1. The average Bonchev–Trinajstić information content (AvgIpc) is 2.44. The highest BCUT2D eigenvalue weighted by Crippen LogP contribution is 2.27. The molecule has 0 aliphatic carbocycles. The summed E-state index contributed by atoms with van der Waals surface area (Å²) in [7, 11) is 1.86. The first-order chi connectivity index (χ1) is 10.0. The standard InChI is InChI=1S/C15H21N3O3/c1-10-9-11(21-8-7-16)3-4-12(10)18(2)13-5-6-14(19)17-15(13)20/h3-4,9,13H,5-8,16H2,1-2H3,(H,17,19,20). The number of hydrogen-bond donors (Lipinski definition) is 2. The first kappa shape index (κ1) is 15.3. The van der Waals surface area contributed by atoms with E-state index in [1.54, 1.807) is 0 Å². The summed E-state index contributed by atoms with van der Waals surface area (Å²) in [6.45, 7) is 2.91. The Morgan fingerprint density at radius 1 is 1.43 bits per heavy atom. The zero-order valence-electron chi connectivity index (χ0n) is 12.4. The maximum absolute atomic E-state index is 11.9. The molecule has 1 aliphatic heterocycles. The molecule has 1 aromatic rings. The number of carbonyl (C=O) groups is 2. The zero-order valence-corrected chi connectivity index (χ0v) is 12.4. The Bertz CT molecular complexity index is 545. The minimum absolute atomic E-state index is 0.202. The highest BCUT2D eigenvalue weighted by atomic mass is 16.5. The van der Waals surface area contributed by atoms with Crippen molar-refractivity contribution in [3.63, 3.8) is 0 Å². The van der Waals surface area contributed by atoms with Crippen molar-refractivity contribution in [2.45, 2.75) is 25.8 Å². The van der Waals surface area contributed by atoms with Gasteiger partial charge >= 0.3 is 0 Å². The number of amides is 2. The smallest absolute Gasteiger partial charge is 0.249 e. The summed E-state index contributed by atoms with van der Waals surface area (Å²) in [4.78, 5) is 25.0. The number of nitrogens with one attached hydrogen (secondary N) is 1. The molecule has 2 amide bonds. The van der Waals surface area contributed by atoms with Crippen LogP contribution in [-0.4, -0.2) is 38.1 Å². The fraction of sp³-hybridized carbons (Fsp3) is 0.467. The molecule has 0 bridgehead atoms. The van der Waals surface area contributed by atoms with Gasteiger partial charge in [0.1, 0.15) is 18.4 Å². The molecule has 114 valence electrons. The molecule has 1 aromatic carbocycles. The molecular weight excluding hydrogens is 270 g/mol. The van der Waals surface area contributed by atoms with Gasteiger partial charge in [-0.2, -0.15) is 0 Å². The maximum Gasteiger partial charge on any atom is 0.249 e. The van der Waals surface area contributed by atoms with Gasteiger partial charge in [0.15, 0.2) is 0 Å². The van der Waals surface area contributed by atoms with Gasteiger partial charge in [-0.1, -0.05) is 0 Å². The number of nitrogens with zero attached hydrogens (tertiary/aromatic N) is 1. The van der Waals surface area contributed by atoms with Gasteiger partial charge in [-0.3, -0.25) is 14.9 Å². The number of benzene rings is 1. The van der Waals surface area contributed by atoms with Gasteiger partial charge in [0.25, 0.3) is 0 Å². The molecule has 0 saturated carbocycles. The summed E-state index contributed by atoms with van der Waals surface area (Å²) < 4.78 is 5.48. The maximum atomic E-state index is 11.9. The molecule has 0 spiro atoms. The van der Waals surface area contributed by atoms with Crippen LogP contribution in [-0.2, 0) is 9.59 Å². The molecule has 6 nitrogen and oxygen atoms in total. The summed E-state index contributed by atoms with van der Waals surface area (Å²) >= 11 is 0. The summed E-state index contributed by atoms with van der Waals surface area (Å²) in [5, 5.41) is 2.38. The zero-order chi connectivity index (χ0) is 15.4. The molecule has 1 fully saturated rings. The van der Waals surface area contributed by atoms with E-state index in [2.05, 4.69) is 5.32 Å². The number of rotatable bonds is 5. The van der Waals surface area contributed by atoms with Gasteiger partial charge in [-0.15, -0.1) is 0 Å². The third kappa shape index (κ3) is 3.52. The first-order valence-electron chi connectivity index (χ1n) is 7.03. The van der Waals surface area contributed by atoms with Gasteiger partial charge in [-0.05, 0) is 37.1 Å². The highest BCUT2D eigenvalue weighted by molar-refractivity contribution is 6.01. The number of piperidine rings is 1. The van der Waals surface area contributed by atoms with Crippen molar-refractivity contribution >= 4 is 17.5 Å². The molecule has 3 N–H and O–H groups in total. The molecule has 1 aliphatic rings. The number of hydrogen-bond acceptors (Lipinski definition) is 5. The quantitative estimate of drug-likeness (QED) is 0.775. The van der Waals surface area contributed by atoms with Crippen LogP contribution >= 0.6 is 0 Å². The number of carbonyl (C=O) groups excluding carboxylic acids is 2. The number of aryl methyl sites for hydroxylation is 1. The average molecular weight is 291 g/mol. The fourth-order valence-electron chi connectivity index (χ4n) is 2.51. The Morgan fingerprint density at radius 2 is 2.19 bits per heavy atom. The normalized spacial score (nSPS) is 18.3. The lowest BCUT2D eigenvalue weighted by molar-refractivity contribution is -0.134. The van der Waals surface area contributed by atoms with Crippen LogP contribution in [0.25, 0.3) is 0 Å². The second kappa shape index (κ2) is 6.58. The Hall–Kier alpha value is -2.08. The van der Waals surface area contributed by atoms with Crippen molar-refractivity contribution in [2.24, 2.45) is 5.73 Å². The van der Waals surface area contributed by atoms with Crippen molar-refractivity contribution < 1.29 is 14.3 Å². The second-order valence-electron chi connectivity index (χ2n) is 5.16. The van der Waals surface area contributed by atoms with Gasteiger partial charge in [0, 0.05) is 25.7 Å². The van der Waals surface area contributed by atoms with E-state index in [0.717, 1.165) is 17.0 Å². The summed E-state index contributed by atoms with van der Waals surface area (Å²) in [5.74, 6) is 0.321. The fourth-order valence-corrected chi connectivity index (χ4v) is 2.51. The molecule has 1 atom stereocenters. The van der Waals surface area contributed by atoms with E-state index < -0.39 is 0 Å². The van der Waals surface area contributed by atoms with Crippen molar-refractivity contribution in [1.82, 2.24) is 5.32 Å². The lowest BCUT2D eigenvalue weighted by atomic mass is 10.0. The Labute approximate surface area is 124 Å². The van der Waals surface area contributed by atoms with E-state index >= 15 is 0 Å². The molecular formula is C15H21N3O3. The van der Waals surface area contributed by atoms with E-state index in [1.807, 2.05) is 37.1 Å². The minimum atomic E-state index is -0.322. The molecule has 2 rings (SSSR count). The third-order valence-electron chi connectivity index (χ3n) is 3.61. The number of anilines is 1. The number of ether oxygens (including phenoxy) is 1. The topological polar surface area (TPSA) is 84.7 Å². The van der Waals surface area contributed by atoms with Crippen LogP contribution in [0.4, 0.5) is 5.69 Å². The largest absolute Gasteiger partial charge is 0.492 e. The Balaban J connectivity index is 2.13. The van der Waals surface area contributed by atoms with Crippen molar-refractivity contribution in [2.75, 3.05) is 25.1 Å². The van der Waals surface area contributed by atoms with Gasteiger partial charge in [0.05, 0.1) is 0 Å². The molecule has 1 heterocycles. The van der Waals surface area contributed by atoms with Crippen LogP contribution in [0, 0.1) is 6.92 Å². The number of imide groups is 1.